The number of hydrogen-bond donors (Lipinski definition) is 2. The van der Waals surface area contributed by atoms with Crippen molar-refractivity contribution in [2.45, 2.75) is 30.3 Å². The average Bonchev–Trinajstić information content (AvgIpc) is 3.31. The third-order valence-corrected chi connectivity index (χ3v) is 5.62. The van der Waals surface area contributed by atoms with Crippen LogP contribution in [0.25, 0.3) is 0 Å². The van der Waals surface area contributed by atoms with Crippen molar-refractivity contribution < 1.29 is 18.3 Å². The van der Waals surface area contributed by atoms with Crippen LogP contribution >= 0.6 is 0 Å². The van der Waals surface area contributed by atoms with Crippen LogP contribution in [0, 0.1) is 5.92 Å². The van der Waals surface area contributed by atoms with E-state index in [1.807, 2.05) is 0 Å². The predicted octanol–water partition coefficient (Wildman–Crippen LogP) is 0.828. The lowest BCUT2D eigenvalue weighted by Crippen LogP contribution is -2.28. The molecule has 6 nitrogen and oxygen atoms in total. The molecule has 122 valence electrons. The molecule has 1 aromatic rings. The summed E-state index contributed by atoms with van der Waals surface area (Å²) in [6.07, 6.45) is 2.34. The smallest absolute Gasteiger partial charge is 0.251 e. The first kappa shape index (κ1) is 16.9. The number of hydrogen-bond acceptors (Lipinski definition) is 4. The summed E-state index contributed by atoms with van der Waals surface area (Å²) in [5.41, 5.74) is 0.401. The van der Waals surface area contributed by atoms with Crippen molar-refractivity contribution in [2.75, 3.05) is 20.6 Å². The Morgan fingerprint density at radius 2 is 1.91 bits per heavy atom. The second-order valence-electron chi connectivity index (χ2n) is 5.76. The summed E-state index contributed by atoms with van der Waals surface area (Å²) in [6, 6.07) is 5.82. The number of sulfonamides is 1. The maximum Gasteiger partial charge on any atom is 0.251 e. The molecule has 0 bridgehead atoms. The molecule has 0 aromatic heterocycles. The van der Waals surface area contributed by atoms with Crippen LogP contribution in [0.5, 0.6) is 0 Å². The van der Waals surface area contributed by atoms with Crippen LogP contribution in [-0.2, 0) is 10.0 Å². The third-order valence-electron chi connectivity index (χ3n) is 3.79. The van der Waals surface area contributed by atoms with E-state index in [2.05, 4.69) is 5.32 Å². The molecular weight excluding hydrogens is 304 g/mol. The Morgan fingerprint density at radius 3 is 2.41 bits per heavy atom. The van der Waals surface area contributed by atoms with Crippen LogP contribution in [0.1, 0.15) is 29.6 Å². The average molecular weight is 326 g/mol. The molecule has 2 N–H and O–H groups in total. The van der Waals surface area contributed by atoms with Crippen LogP contribution in [0.3, 0.4) is 0 Å². The fourth-order valence-corrected chi connectivity index (χ4v) is 3.04. The maximum atomic E-state index is 12.0. The Labute approximate surface area is 131 Å². The van der Waals surface area contributed by atoms with E-state index >= 15 is 0 Å². The summed E-state index contributed by atoms with van der Waals surface area (Å²) in [5.74, 6) is 0.129. The largest absolute Gasteiger partial charge is 0.393 e. The highest BCUT2D eigenvalue weighted by atomic mass is 32.2. The minimum atomic E-state index is -3.48. The van der Waals surface area contributed by atoms with Gasteiger partial charge in [0.2, 0.25) is 10.0 Å². The van der Waals surface area contributed by atoms with Gasteiger partial charge in [-0.25, -0.2) is 12.7 Å². The molecule has 1 amide bonds. The van der Waals surface area contributed by atoms with E-state index < -0.39 is 10.0 Å². The molecule has 1 atom stereocenters. The molecule has 1 aromatic carbocycles. The topological polar surface area (TPSA) is 86.7 Å². The number of nitrogens with one attached hydrogen (secondary N) is 1. The molecule has 0 aliphatic heterocycles. The van der Waals surface area contributed by atoms with Gasteiger partial charge in [-0.2, -0.15) is 0 Å². The van der Waals surface area contributed by atoms with Gasteiger partial charge in [0.15, 0.2) is 0 Å². The summed E-state index contributed by atoms with van der Waals surface area (Å²) >= 11 is 0. The van der Waals surface area contributed by atoms with Crippen molar-refractivity contribution in [3.63, 3.8) is 0 Å². The van der Waals surface area contributed by atoms with Gasteiger partial charge >= 0.3 is 0 Å². The van der Waals surface area contributed by atoms with Gasteiger partial charge in [0.05, 0.1) is 11.0 Å². The van der Waals surface area contributed by atoms with Gasteiger partial charge in [-0.05, 0) is 49.4 Å². The number of benzene rings is 1. The molecule has 22 heavy (non-hydrogen) atoms. The number of aliphatic hydroxyl groups excluding tert-OH is 1. The number of aliphatic hydroxyl groups is 1. The first-order valence-corrected chi connectivity index (χ1v) is 8.75. The molecule has 2 rings (SSSR count). The SMILES string of the molecule is CN(C)S(=O)(=O)c1ccc(C(=O)NCC[C@@H](O)C2CC2)cc1. The Bertz CT molecular complexity index is 621. The van der Waals surface area contributed by atoms with E-state index in [0.29, 0.717) is 24.4 Å². The van der Waals surface area contributed by atoms with Crippen LogP contribution in [0.15, 0.2) is 29.2 Å². The first-order chi connectivity index (χ1) is 10.3. The predicted molar refractivity (Wildman–Crippen MR) is 83.0 cm³/mol. The molecule has 1 aliphatic carbocycles. The van der Waals surface area contributed by atoms with Gasteiger partial charge in [-0.15, -0.1) is 0 Å². The maximum absolute atomic E-state index is 12.0. The minimum Gasteiger partial charge on any atom is -0.393 e. The van der Waals surface area contributed by atoms with Crippen LogP contribution < -0.4 is 5.32 Å². The summed E-state index contributed by atoms with van der Waals surface area (Å²) < 4.78 is 25.0. The summed E-state index contributed by atoms with van der Waals surface area (Å²) in [6.45, 7) is 0.411. The lowest BCUT2D eigenvalue weighted by atomic mass is 10.1. The zero-order valence-corrected chi connectivity index (χ0v) is 13.6. The van der Waals surface area contributed by atoms with Crippen molar-refractivity contribution in [1.29, 1.82) is 0 Å². The van der Waals surface area contributed by atoms with Crippen LogP contribution in [0.2, 0.25) is 0 Å². The second-order valence-corrected chi connectivity index (χ2v) is 7.91. The van der Waals surface area contributed by atoms with Crippen LogP contribution in [0.4, 0.5) is 0 Å². The van der Waals surface area contributed by atoms with Gasteiger partial charge in [0, 0.05) is 26.2 Å². The van der Waals surface area contributed by atoms with Gasteiger partial charge in [0.25, 0.3) is 5.91 Å². The highest BCUT2D eigenvalue weighted by Gasteiger charge is 2.29. The second kappa shape index (κ2) is 6.76. The lowest BCUT2D eigenvalue weighted by molar-refractivity contribution is 0.0936. The van der Waals surface area contributed by atoms with E-state index in [1.165, 1.54) is 38.4 Å². The summed E-state index contributed by atoms with van der Waals surface area (Å²) in [4.78, 5) is 12.1. The zero-order valence-electron chi connectivity index (χ0n) is 12.8. The van der Waals surface area contributed by atoms with Crippen molar-refractivity contribution in [3.8, 4) is 0 Å². The third kappa shape index (κ3) is 4.06. The van der Waals surface area contributed by atoms with Gasteiger partial charge < -0.3 is 10.4 Å². The Hall–Kier alpha value is -1.44. The number of amides is 1. The van der Waals surface area contributed by atoms with Crippen molar-refractivity contribution in [3.05, 3.63) is 29.8 Å². The number of carbonyl (C=O) groups excluding carboxylic acids is 1. The normalized spacial score (nSPS) is 16.5. The number of nitrogens with zero attached hydrogens (tertiary/aromatic N) is 1. The van der Waals surface area contributed by atoms with E-state index in [4.69, 9.17) is 0 Å². The van der Waals surface area contributed by atoms with E-state index in [-0.39, 0.29) is 16.9 Å². The quantitative estimate of drug-likeness (QED) is 0.777. The van der Waals surface area contributed by atoms with Crippen molar-refractivity contribution in [1.82, 2.24) is 9.62 Å². The molecule has 0 unspecified atom stereocenters. The summed E-state index contributed by atoms with van der Waals surface area (Å²) in [5, 5.41) is 12.5. The van der Waals surface area contributed by atoms with Crippen molar-refractivity contribution >= 4 is 15.9 Å². The molecule has 0 radical (unpaired) electrons. The highest BCUT2D eigenvalue weighted by Crippen LogP contribution is 2.33. The first-order valence-electron chi connectivity index (χ1n) is 7.31. The molecule has 0 saturated heterocycles. The monoisotopic (exact) mass is 326 g/mol. The number of rotatable bonds is 7. The highest BCUT2D eigenvalue weighted by molar-refractivity contribution is 7.89. The molecular formula is C15H22N2O4S. The molecule has 1 saturated carbocycles. The zero-order chi connectivity index (χ0) is 16.3. The fraction of sp³-hybridized carbons (Fsp3) is 0.533. The molecule has 7 heteroatoms. The van der Waals surface area contributed by atoms with Crippen LogP contribution in [-0.4, -0.2) is 50.5 Å². The Morgan fingerprint density at radius 1 is 1.32 bits per heavy atom. The van der Waals surface area contributed by atoms with Gasteiger partial charge in [-0.3, -0.25) is 4.79 Å². The fourth-order valence-electron chi connectivity index (χ4n) is 2.14. The standard InChI is InChI=1S/C15H22N2O4S/c1-17(2)22(20,21)13-7-5-12(6-8-13)15(19)16-10-9-14(18)11-3-4-11/h5-8,11,14,18H,3-4,9-10H2,1-2H3,(H,16,19)/t14-/m1/s1. The van der Waals surface area contributed by atoms with Gasteiger partial charge in [-0.1, -0.05) is 0 Å². The van der Waals surface area contributed by atoms with Crippen molar-refractivity contribution in [2.24, 2.45) is 5.92 Å². The van der Waals surface area contributed by atoms with E-state index in [1.54, 1.807) is 0 Å². The van der Waals surface area contributed by atoms with E-state index in [9.17, 15) is 18.3 Å². The molecule has 1 aliphatic rings. The number of carbonyl (C=O) groups is 1. The Kier molecular flexibility index (Phi) is 5.20. The van der Waals surface area contributed by atoms with Gasteiger partial charge in [0.1, 0.15) is 0 Å². The lowest BCUT2D eigenvalue weighted by Gasteiger charge is -2.12. The molecule has 0 heterocycles. The Balaban J connectivity index is 1.90. The van der Waals surface area contributed by atoms with E-state index in [0.717, 1.165) is 17.1 Å². The summed E-state index contributed by atoms with van der Waals surface area (Å²) in [7, 11) is -0.563. The molecule has 1 fully saturated rings. The minimum absolute atomic E-state index is 0.151. The molecule has 0 spiro atoms.